The Hall–Kier alpha value is -4.51. The molecule has 0 radical (unpaired) electrons. The van der Waals surface area contributed by atoms with E-state index in [9.17, 15) is 14.7 Å². The van der Waals surface area contributed by atoms with E-state index in [1.165, 1.54) is 7.11 Å². The van der Waals surface area contributed by atoms with Crippen molar-refractivity contribution >= 4 is 17.4 Å². The second-order valence-electron chi connectivity index (χ2n) is 7.19. The Balaban J connectivity index is 1.85. The number of ketones is 1. The largest absolute Gasteiger partial charge is 0.496 e. The number of carboxylic acids is 1. The first-order valence-electron chi connectivity index (χ1n) is 10.5. The molecule has 2 N–H and O–H groups in total. The van der Waals surface area contributed by atoms with Crippen molar-refractivity contribution < 1.29 is 28.9 Å². The molecule has 1 unspecified atom stereocenters. The van der Waals surface area contributed by atoms with Crippen LogP contribution in [-0.4, -0.2) is 37.2 Å². The standard InChI is InChI=1S/C26H24N2O6/c1-3-33-20-12-18(25(26(30)31)28-19-10-8-17(15-27)9-11-19)13-21(14-20)34-16-23(29)22-6-4-5-7-24(22)32-2/h4-14,25,28H,3,16H2,1-2H3,(H,30,31). The van der Waals surface area contributed by atoms with E-state index in [1.807, 2.05) is 13.0 Å². The zero-order valence-corrected chi connectivity index (χ0v) is 18.8. The van der Waals surface area contributed by atoms with Crippen molar-refractivity contribution in [3.8, 4) is 23.3 Å². The number of nitrogens with one attached hydrogen (secondary N) is 1. The highest BCUT2D eigenvalue weighted by Crippen LogP contribution is 2.30. The summed E-state index contributed by atoms with van der Waals surface area (Å²) in [5.41, 5.74) is 1.76. The van der Waals surface area contributed by atoms with Gasteiger partial charge in [-0.25, -0.2) is 4.79 Å². The number of hydrogen-bond donors (Lipinski definition) is 2. The van der Waals surface area contributed by atoms with Gasteiger partial charge in [0.1, 0.15) is 17.2 Å². The molecule has 0 aliphatic rings. The number of nitriles is 1. The predicted octanol–water partition coefficient (Wildman–Crippen LogP) is 4.47. The molecule has 0 amide bonds. The Labute approximate surface area is 197 Å². The minimum absolute atomic E-state index is 0.268. The molecule has 8 heteroatoms. The summed E-state index contributed by atoms with van der Waals surface area (Å²) in [7, 11) is 1.48. The summed E-state index contributed by atoms with van der Waals surface area (Å²) >= 11 is 0. The number of carbonyl (C=O) groups excluding carboxylic acids is 1. The number of para-hydroxylation sites is 1. The normalized spacial score (nSPS) is 11.1. The van der Waals surface area contributed by atoms with Crippen LogP contribution in [0.25, 0.3) is 0 Å². The lowest BCUT2D eigenvalue weighted by Crippen LogP contribution is -2.21. The number of ether oxygens (including phenoxy) is 3. The molecule has 3 rings (SSSR count). The predicted molar refractivity (Wildman–Crippen MR) is 126 cm³/mol. The maximum absolute atomic E-state index is 12.7. The van der Waals surface area contributed by atoms with Crippen molar-refractivity contribution in [3.05, 3.63) is 83.4 Å². The molecule has 34 heavy (non-hydrogen) atoms. The number of aliphatic carboxylic acids is 1. The highest BCUT2D eigenvalue weighted by atomic mass is 16.5. The smallest absolute Gasteiger partial charge is 0.330 e. The average Bonchev–Trinajstić information content (AvgIpc) is 2.86. The van der Waals surface area contributed by atoms with Crippen molar-refractivity contribution in [2.75, 3.05) is 25.6 Å². The second-order valence-corrected chi connectivity index (χ2v) is 7.19. The third-order valence-electron chi connectivity index (χ3n) is 4.90. The van der Waals surface area contributed by atoms with Crippen molar-refractivity contribution in [2.45, 2.75) is 13.0 Å². The van der Waals surface area contributed by atoms with Gasteiger partial charge in [0.2, 0.25) is 5.78 Å². The summed E-state index contributed by atoms with van der Waals surface area (Å²) in [6.45, 7) is 1.90. The van der Waals surface area contributed by atoms with Gasteiger partial charge in [0.05, 0.1) is 30.9 Å². The van der Waals surface area contributed by atoms with Crippen LogP contribution < -0.4 is 19.5 Å². The van der Waals surface area contributed by atoms with E-state index in [1.54, 1.807) is 66.7 Å². The molecule has 174 valence electrons. The molecule has 0 fully saturated rings. The lowest BCUT2D eigenvalue weighted by atomic mass is 10.1. The molecule has 0 spiro atoms. The van der Waals surface area contributed by atoms with Crippen LogP contribution >= 0.6 is 0 Å². The first-order chi connectivity index (χ1) is 16.4. The molecule has 0 saturated heterocycles. The van der Waals surface area contributed by atoms with Crippen LogP contribution in [0.3, 0.4) is 0 Å². The minimum Gasteiger partial charge on any atom is -0.496 e. The number of anilines is 1. The van der Waals surface area contributed by atoms with Gasteiger partial charge >= 0.3 is 5.97 Å². The van der Waals surface area contributed by atoms with Gasteiger partial charge in [0.25, 0.3) is 0 Å². The first kappa shape index (κ1) is 24.1. The zero-order chi connectivity index (χ0) is 24.5. The SMILES string of the molecule is CCOc1cc(OCC(=O)c2ccccc2OC)cc(C(Nc2ccc(C#N)cc2)C(=O)O)c1. The van der Waals surface area contributed by atoms with Gasteiger partial charge in [-0.3, -0.25) is 4.79 Å². The van der Waals surface area contributed by atoms with Crippen LogP contribution in [0.1, 0.15) is 34.5 Å². The molecular formula is C26H24N2O6. The molecule has 1 atom stereocenters. The van der Waals surface area contributed by atoms with Crippen LogP contribution in [0.4, 0.5) is 5.69 Å². The first-order valence-corrected chi connectivity index (χ1v) is 10.5. The number of hydrogen-bond acceptors (Lipinski definition) is 7. The number of rotatable bonds is 11. The van der Waals surface area contributed by atoms with Crippen LogP contribution in [0.5, 0.6) is 17.2 Å². The molecule has 0 aromatic heterocycles. The molecule has 0 heterocycles. The molecular weight excluding hydrogens is 436 g/mol. The van der Waals surface area contributed by atoms with Crippen molar-refractivity contribution in [2.24, 2.45) is 0 Å². The van der Waals surface area contributed by atoms with Gasteiger partial charge in [-0.05, 0) is 61.0 Å². The van der Waals surface area contributed by atoms with Crippen LogP contribution in [-0.2, 0) is 4.79 Å². The summed E-state index contributed by atoms with van der Waals surface area (Å²) in [5, 5.41) is 21.8. The third-order valence-corrected chi connectivity index (χ3v) is 4.90. The molecule has 0 aliphatic carbocycles. The highest BCUT2D eigenvalue weighted by molar-refractivity contribution is 5.99. The Morgan fingerprint density at radius 3 is 2.32 bits per heavy atom. The van der Waals surface area contributed by atoms with Crippen LogP contribution in [0, 0.1) is 11.3 Å². The maximum Gasteiger partial charge on any atom is 0.330 e. The second kappa shape index (κ2) is 11.4. The summed E-state index contributed by atoms with van der Waals surface area (Å²) in [4.78, 5) is 24.7. The van der Waals surface area contributed by atoms with E-state index in [-0.39, 0.29) is 18.1 Å². The fourth-order valence-corrected chi connectivity index (χ4v) is 3.29. The van der Waals surface area contributed by atoms with E-state index in [0.717, 1.165) is 0 Å². The number of carboxylic acid groups (broad SMARTS) is 1. The molecule has 3 aromatic rings. The molecule has 0 saturated carbocycles. The van der Waals surface area contributed by atoms with Gasteiger partial charge in [0, 0.05) is 11.8 Å². The van der Waals surface area contributed by atoms with E-state index in [0.29, 0.717) is 40.5 Å². The fourth-order valence-electron chi connectivity index (χ4n) is 3.29. The van der Waals surface area contributed by atoms with E-state index in [2.05, 4.69) is 5.32 Å². The van der Waals surface area contributed by atoms with E-state index >= 15 is 0 Å². The zero-order valence-electron chi connectivity index (χ0n) is 18.8. The Bertz CT molecular complexity index is 1200. The van der Waals surface area contributed by atoms with Crippen LogP contribution in [0.15, 0.2) is 66.7 Å². The lowest BCUT2D eigenvalue weighted by molar-refractivity contribution is -0.138. The number of nitrogens with zero attached hydrogens (tertiary/aromatic N) is 1. The summed E-state index contributed by atoms with van der Waals surface area (Å²) < 4.78 is 16.5. The van der Waals surface area contributed by atoms with Gasteiger partial charge in [0.15, 0.2) is 12.6 Å². The summed E-state index contributed by atoms with van der Waals surface area (Å²) in [5.74, 6) is -0.262. The monoisotopic (exact) mass is 460 g/mol. The maximum atomic E-state index is 12.7. The molecule has 0 bridgehead atoms. The molecule has 0 aliphatic heterocycles. The minimum atomic E-state index is -1.12. The van der Waals surface area contributed by atoms with Gasteiger partial charge in [-0.1, -0.05) is 12.1 Å². The van der Waals surface area contributed by atoms with Crippen molar-refractivity contribution in [1.29, 1.82) is 5.26 Å². The third kappa shape index (κ3) is 6.04. The van der Waals surface area contributed by atoms with Gasteiger partial charge in [-0.2, -0.15) is 5.26 Å². The molecule has 3 aromatic carbocycles. The number of Topliss-reactive ketones (excluding diaryl/α,β-unsaturated/α-hetero) is 1. The van der Waals surface area contributed by atoms with Gasteiger partial charge < -0.3 is 24.6 Å². The lowest BCUT2D eigenvalue weighted by Gasteiger charge is -2.19. The summed E-state index contributed by atoms with van der Waals surface area (Å²) in [6, 6.07) is 18.9. The van der Waals surface area contributed by atoms with E-state index < -0.39 is 12.0 Å². The van der Waals surface area contributed by atoms with Crippen molar-refractivity contribution in [3.63, 3.8) is 0 Å². The van der Waals surface area contributed by atoms with Gasteiger partial charge in [-0.15, -0.1) is 0 Å². The number of methoxy groups -OCH3 is 1. The van der Waals surface area contributed by atoms with E-state index in [4.69, 9.17) is 19.5 Å². The van der Waals surface area contributed by atoms with Crippen LogP contribution in [0.2, 0.25) is 0 Å². The van der Waals surface area contributed by atoms with Crippen molar-refractivity contribution in [1.82, 2.24) is 0 Å². The number of benzene rings is 3. The fraction of sp³-hybridized carbons (Fsp3) is 0.192. The Kier molecular flexibility index (Phi) is 8.08. The quantitative estimate of drug-likeness (QED) is 0.403. The average molecular weight is 460 g/mol. The molecule has 8 nitrogen and oxygen atoms in total. The highest BCUT2D eigenvalue weighted by Gasteiger charge is 2.22. The Morgan fingerprint density at radius 2 is 1.71 bits per heavy atom. The topological polar surface area (TPSA) is 118 Å². The summed E-state index contributed by atoms with van der Waals surface area (Å²) in [6.07, 6.45) is 0. The number of carbonyl (C=O) groups is 2. The Morgan fingerprint density at radius 1 is 1.03 bits per heavy atom.